The molecule has 0 radical (unpaired) electrons. The molecule has 0 fully saturated rings. The number of anilines is 2. The molecule has 0 unspecified atom stereocenters. The minimum Gasteiger partial charge on any atom is -0.339 e. The second-order valence-electron chi connectivity index (χ2n) is 5.78. The van der Waals surface area contributed by atoms with Crippen LogP contribution in [0.5, 0.6) is 0 Å². The molecular formula is C19H15F2N3S. The van der Waals surface area contributed by atoms with Crippen LogP contribution in [-0.4, -0.2) is 9.38 Å². The second kappa shape index (κ2) is 5.97. The highest BCUT2D eigenvalue weighted by atomic mass is 32.1. The fraction of sp³-hybridized carbons (Fsp3) is 0.105. The summed E-state index contributed by atoms with van der Waals surface area (Å²) in [6.07, 6.45) is 0. The van der Waals surface area contributed by atoms with E-state index in [1.165, 1.54) is 18.2 Å². The summed E-state index contributed by atoms with van der Waals surface area (Å²) in [6, 6.07) is 12.6. The van der Waals surface area contributed by atoms with Crippen LogP contribution < -0.4 is 5.32 Å². The molecule has 1 N–H and O–H groups in total. The standard InChI is InChI=1S/C19H15F2N3S/c1-11-12(2)25-19-23-17(15-5-3-4-6-16(15)21)18(24(11)19)22-14-9-7-13(20)8-10-14/h3-10,22H,1-2H3. The predicted molar refractivity (Wildman–Crippen MR) is 97.6 cm³/mol. The Labute approximate surface area is 147 Å². The van der Waals surface area contributed by atoms with Crippen LogP contribution in [0.15, 0.2) is 48.5 Å². The molecule has 0 atom stereocenters. The van der Waals surface area contributed by atoms with Gasteiger partial charge in [0, 0.05) is 21.8 Å². The number of aryl methyl sites for hydroxylation is 2. The van der Waals surface area contributed by atoms with Crippen molar-refractivity contribution in [1.82, 2.24) is 9.38 Å². The van der Waals surface area contributed by atoms with Crippen LogP contribution in [0.4, 0.5) is 20.3 Å². The Kier molecular flexibility index (Phi) is 3.77. The van der Waals surface area contributed by atoms with Crippen LogP contribution in [0.3, 0.4) is 0 Å². The Morgan fingerprint density at radius 2 is 1.72 bits per heavy atom. The SMILES string of the molecule is Cc1sc2nc(-c3ccccc3F)c(Nc3ccc(F)cc3)n2c1C. The maximum atomic E-state index is 14.3. The highest BCUT2D eigenvalue weighted by molar-refractivity contribution is 7.17. The lowest BCUT2D eigenvalue weighted by molar-refractivity contribution is 0.628. The molecule has 4 aromatic rings. The van der Waals surface area contributed by atoms with Gasteiger partial charge in [0.25, 0.3) is 0 Å². The molecule has 0 saturated heterocycles. The number of nitrogens with one attached hydrogen (secondary N) is 1. The van der Waals surface area contributed by atoms with Gasteiger partial charge in [0.15, 0.2) is 4.96 Å². The highest BCUT2D eigenvalue weighted by Gasteiger charge is 2.20. The molecule has 0 aliphatic rings. The van der Waals surface area contributed by atoms with Crippen LogP contribution >= 0.6 is 11.3 Å². The van der Waals surface area contributed by atoms with Gasteiger partial charge < -0.3 is 5.32 Å². The van der Waals surface area contributed by atoms with E-state index in [9.17, 15) is 8.78 Å². The monoisotopic (exact) mass is 355 g/mol. The summed E-state index contributed by atoms with van der Waals surface area (Å²) in [6.45, 7) is 4.03. The first kappa shape index (κ1) is 15.8. The van der Waals surface area contributed by atoms with E-state index >= 15 is 0 Å². The molecule has 0 spiro atoms. The largest absolute Gasteiger partial charge is 0.339 e. The number of rotatable bonds is 3. The first-order valence-electron chi connectivity index (χ1n) is 7.80. The number of benzene rings is 2. The summed E-state index contributed by atoms with van der Waals surface area (Å²) in [5.41, 5.74) is 2.72. The number of hydrogen-bond acceptors (Lipinski definition) is 3. The van der Waals surface area contributed by atoms with E-state index in [0.717, 1.165) is 15.5 Å². The Bertz CT molecular complexity index is 1060. The van der Waals surface area contributed by atoms with Gasteiger partial charge in [0.2, 0.25) is 0 Å². The number of thiazole rings is 1. The number of hydrogen-bond donors (Lipinski definition) is 1. The average Bonchev–Trinajstić information content (AvgIpc) is 3.07. The molecule has 25 heavy (non-hydrogen) atoms. The van der Waals surface area contributed by atoms with Crippen molar-refractivity contribution in [2.24, 2.45) is 0 Å². The first-order chi connectivity index (χ1) is 12.0. The summed E-state index contributed by atoms with van der Waals surface area (Å²) in [5, 5.41) is 3.28. The molecule has 0 bridgehead atoms. The van der Waals surface area contributed by atoms with Gasteiger partial charge >= 0.3 is 0 Å². The Morgan fingerprint density at radius 1 is 1.00 bits per heavy atom. The van der Waals surface area contributed by atoms with Gasteiger partial charge in [-0.15, -0.1) is 11.3 Å². The van der Waals surface area contributed by atoms with Crippen molar-refractivity contribution in [1.29, 1.82) is 0 Å². The van der Waals surface area contributed by atoms with Crippen molar-refractivity contribution in [3.63, 3.8) is 0 Å². The average molecular weight is 355 g/mol. The van der Waals surface area contributed by atoms with Crippen molar-refractivity contribution in [2.75, 3.05) is 5.32 Å². The molecule has 126 valence electrons. The number of halogens is 2. The van der Waals surface area contributed by atoms with Gasteiger partial charge in [-0.3, -0.25) is 4.40 Å². The van der Waals surface area contributed by atoms with Gasteiger partial charge in [0.05, 0.1) is 0 Å². The lowest BCUT2D eigenvalue weighted by Gasteiger charge is -2.10. The zero-order valence-electron chi connectivity index (χ0n) is 13.7. The van der Waals surface area contributed by atoms with E-state index in [1.807, 2.05) is 18.2 Å². The maximum absolute atomic E-state index is 14.3. The van der Waals surface area contributed by atoms with Crippen molar-refractivity contribution < 1.29 is 8.78 Å². The fourth-order valence-electron chi connectivity index (χ4n) is 2.77. The lowest BCUT2D eigenvalue weighted by atomic mass is 10.1. The third-order valence-corrected chi connectivity index (χ3v) is 5.23. The molecule has 0 aliphatic carbocycles. The topological polar surface area (TPSA) is 29.3 Å². The molecule has 3 nitrogen and oxygen atoms in total. The molecular weight excluding hydrogens is 340 g/mol. The molecule has 2 heterocycles. The summed E-state index contributed by atoms with van der Waals surface area (Å²) < 4.78 is 29.5. The van der Waals surface area contributed by atoms with Gasteiger partial charge in [0.1, 0.15) is 23.1 Å². The summed E-state index contributed by atoms with van der Waals surface area (Å²) in [7, 11) is 0. The molecule has 2 aromatic heterocycles. The van der Waals surface area contributed by atoms with Crippen LogP contribution in [0.25, 0.3) is 16.2 Å². The van der Waals surface area contributed by atoms with Crippen LogP contribution in [0, 0.1) is 25.5 Å². The zero-order chi connectivity index (χ0) is 17.6. The van der Waals surface area contributed by atoms with Gasteiger partial charge in [-0.05, 0) is 50.2 Å². The fourth-order valence-corrected chi connectivity index (χ4v) is 3.74. The van der Waals surface area contributed by atoms with E-state index in [2.05, 4.69) is 10.3 Å². The van der Waals surface area contributed by atoms with E-state index in [4.69, 9.17) is 0 Å². The number of imidazole rings is 1. The van der Waals surface area contributed by atoms with E-state index in [-0.39, 0.29) is 11.6 Å². The Balaban J connectivity index is 1.94. The summed E-state index contributed by atoms with van der Waals surface area (Å²) in [4.78, 5) is 6.58. The first-order valence-corrected chi connectivity index (χ1v) is 8.62. The molecule has 0 amide bonds. The lowest BCUT2D eigenvalue weighted by Crippen LogP contribution is -1.99. The second-order valence-corrected chi connectivity index (χ2v) is 6.96. The van der Waals surface area contributed by atoms with Crippen molar-refractivity contribution in [3.05, 3.63) is 70.7 Å². The summed E-state index contributed by atoms with van der Waals surface area (Å²) in [5.74, 6) is 0.0409. The third-order valence-electron chi connectivity index (χ3n) is 4.17. The minimum absolute atomic E-state index is 0.305. The smallest absolute Gasteiger partial charge is 0.196 e. The molecule has 0 aliphatic heterocycles. The van der Waals surface area contributed by atoms with E-state index < -0.39 is 0 Å². The van der Waals surface area contributed by atoms with Crippen molar-refractivity contribution in [3.8, 4) is 11.3 Å². The molecule has 0 saturated carbocycles. The quantitative estimate of drug-likeness (QED) is 0.511. The highest BCUT2D eigenvalue weighted by Crippen LogP contribution is 2.36. The van der Waals surface area contributed by atoms with E-state index in [1.54, 1.807) is 41.7 Å². The normalized spacial score (nSPS) is 11.2. The Morgan fingerprint density at radius 3 is 2.44 bits per heavy atom. The summed E-state index contributed by atoms with van der Waals surface area (Å²) >= 11 is 1.56. The number of fused-ring (bicyclic) bond motifs is 1. The van der Waals surface area contributed by atoms with Crippen LogP contribution in [-0.2, 0) is 0 Å². The van der Waals surface area contributed by atoms with Gasteiger partial charge in [-0.25, -0.2) is 13.8 Å². The van der Waals surface area contributed by atoms with Gasteiger partial charge in [-0.2, -0.15) is 0 Å². The number of nitrogens with zero attached hydrogens (tertiary/aromatic N) is 2. The number of aromatic nitrogens is 2. The minimum atomic E-state index is -0.329. The van der Waals surface area contributed by atoms with Crippen molar-refractivity contribution in [2.45, 2.75) is 13.8 Å². The zero-order valence-corrected chi connectivity index (χ0v) is 14.5. The van der Waals surface area contributed by atoms with Crippen LogP contribution in [0.1, 0.15) is 10.6 Å². The van der Waals surface area contributed by atoms with Crippen LogP contribution in [0.2, 0.25) is 0 Å². The molecule has 2 aromatic carbocycles. The van der Waals surface area contributed by atoms with Gasteiger partial charge in [-0.1, -0.05) is 12.1 Å². The third kappa shape index (κ3) is 2.68. The molecule has 6 heteroatoms. The maximum Gasteiger partial charge on any atom is 0.196 e. The van der Waals surface area contributed by atoms with E-state index in [0.29, 0.717) is 22.8 Å². The van der Waals surface area contributed by atoms with Crippen molar-refractivity contribution >= 4 is 27.8 Å². The molecule has 4 rings (SSSR count). The Hall–Kier alpha value is -2.73. The predicted octanol–water partition coefficient (Wildman–Crippen LogP) is 5.70.